The summed E-state index contributed by atoms with van der Waals surface area (Å²) in [6, 6.07) is 2.06. The SMILES string of the molecule is C=C/C=C\C=C(/C)c1cc(=O)n(C)cc1-c1cnn(C2CCOCC2)c1. The van der Waals surface area contributed by atoms with E-state index in [9.17, 15) is 4.79 Å². The van der Waals surface area contributed by atoms with Gasteiger partial charge in [-0.3, -0.25) is 9.48 Å². The number of rotatable bonds is 5. The summed E-state index contributed by atoms with van der Waals surface area (Å²) in [5, 5.41) is 4.57. The van der Waals surface area contributed by atoms with Crippen molar-refractivity contribution in [1.29, 1.82) is 0 Å². The molecule has 0 atom stereocenters. The minimum absolute atomic E-state index is 0.0268. The van der Waals surface area contributed by atoms with Crippen LogP contribution in [0.1, 0.15) is 31.4 Å². The first-order chi connectivity index (χ1) is 12.6. The van der Waals surface area contributed by atoms with Crippen molar-refractivity contribution in [1.82, 2.24) is 14.3 Å². The van der Waals surface area contributed by atoms with Gasteiger partial charge in [0.25, 0.3) is 5.56 Å². The number of nitrogens with zero attached hydrogens (tertiary/aromatic N) is 3. The van der Waals surface area contributed by atoms with Crippen LogP contribution in [-0.4, -0.2) is 27.6 Å². The molecule has 0 unspecified atom stereocenters. The zero-order valence-corrected chi connectivity index (χ0v) is 15.4. The molecule has 3 rings (SSSR count). The summed E-state index contributed by atoms with van der Waals surface area (Å²) in [4.78, 5) is 12.2. The molecule has 2 aromatic heterocycles. The van der Waals surface area contributed by atoms with Crippen molar-refractivity contribution in [3.8, 4) is 11.1 Å². The zero-order valence-electron chi connectivity index (χ0n) is 15.4. The topological polar surface area (TPSA) is 49.0 Å². The number of aryl methyl sites for hydroxylation is 1. The summed E-state index contributed by atoms with van der Waals surface area (Å²) in [6.45, 7) is 7.25. The molecular formula is C21H25N3O2. The van der Waals surface area contributed by atoms with E-state index in [0.29, 0.717) is 6.04 Å². The van der Waals surface area contributed by atoms with Crippen LogP contribution in [0.15, 0.2) is 60.3 Å². The second-order valence-corrected chi connectivity index (χ2v) is 6.57. The Labute approximate surface area is 153 Å². The minimum atomic E-state index is -0.0268. The Morgan fingerprint density at radius 1 is 1.31 bits per heavy atom. The van der Waals surface area contributed by atoms with Crippen LogP contribution in [0.5, 0.6) is 0 Å². The molecule has 1 aliphatic rings. The molecule has 0 radical (unpaired) electrons. The van der Waals surface area contributed by atoms with E-state index in [4.69, 9.17) is 4.74 Å². The predicted molar refractivity (Wildman–Crippen MR) is 105 cm³/mol. The van der Waals surface area contributed by atoms with E-state index in [1.165, 1.54) is 0 Å². The molecule has 0 saturated carbocycles. The van der Waals surface area contributed by atoms with Crippen LogP contribution in [0.25, 0.3) is 16.7 Å². The highest BCUT2D eigenvalue weighted by atomic mass is 16.5. The summed E-state index contributed by atoms with van der Waals surface area (Å²) >= 11 is 0. The second-order valence-electron chi connectivity index (χ2n) is 6.57. The molecule has 3 heterocycles. The third kappa shape index (κ3) is 3.94. The summed E-state index contributed by atoms with van der Waals surface area (Å²) in [7, 11) is 1.77. The molecule has 0 aliphatic carbocycles. The quantitative estimate of drug-likeness (QED) is 0.771. The van der Waals surface area contributed by atoms with E-state index in [2.05, 4.69) is 17.9 Å². The molecule has 0 N–H and O–H groups in total. The number of aromatic nitrogens is 3. The van der Waals surface area contributed by atoms with Crippen LogP contribution in [0.3, 0.4) is 0 Å². The van der Waals surface area contributed by atoms with E-state index in [-0.39, 0.29) is 5.56 Å². The first-order valence-electron chi connectivity index (χ1n) is 8.89. The molecule has 1 saturated heterocycles. The van der Waals surface area contributed by atoms with Gasteiger partial charge in [0.05, 0.1) is 12.2 Å². The number of hydrogen-bond acceptors (Lipinski definition) is 3. The maximum atomic E-state index is 12.2. The molecule has 136 valence electrons. The Kier molecular flexibility index (Phi) is 5.68. The lowest BCUT2D eigenvalue weighted by molar-refractivity contribution is 0.0662. The molecule has 26 heavy (non-hydrogen) atoms. The van der Waals surface area contributed by atoms with Crippen molar-refractivity contribution in [2.75, 3.05) is 13.2 Å². The summed E-state index contributed by atoms with van der Waals surface area (Å²) in [6.07, 6.45) is 15.3. The molecule has 0 aromatic carbocycles. The summed E-state index contributed by atoms with van der Waals surface area (Å²) in [5.74, 6) is 0. The molecule has 0 spiro atoms. The van der Waals surface area contributed by atoms with Gasteiger partial charge in [-0.25, -0.2) is 0 Å². The van der Waals surface area contributed by atoms with Gasteiger partial charge in [0.2, 0.25) is 0 Å². The number of ether oxygens (including phenoxy) is 1. The van der Waals surface area contributed by atoms with Crippen LogP contribution in [-0.2, 0) is 11.8 Å². The molecule has 1 aliphatic heterocycles. The number of pyridine rings is 1. The van der Waals surface area contributed by atoms with Crippen molar-refractivity contribution in [2.24, 2.45) is 7.05 Å². The Hall–Kier alpha value is -2.66. The standard InChI is InChI=1S/C21H25N3O2/c1-4-5-6-7-16(2)19-12-21(25)23(3)15-20(19)17-13-22-24(14-17)18-8-10-26-11-9-18/h4-7,12-15,18H,1,8-11H2,2-3H3/b6-5-,16-7+. The fourth-order valence-corrected chi connectivity index (χ4v) is 3.18. The lowest BCUT2D eigenvalue weighted by Gasteiger charge is -2.22. The van der Waals surface area contributed by atoms with Gasteiger partial charge >= 0.3 is 0 Å². The fourth-order valence-electron chi connectivity index (χ4n) is 3.18. The van der Waals surface area contributed by atoms with Crippen molar-refractivity contribution in [2.45, 2.75) is 25.8 Å². The average Bonchev–Trinajstić information content (AvgIpc) is 3.14. The van der Waals surface area contributed by atoms with Gasteiger partial charge in [-0.1, -0.05) is 30.9 Å². The molecule has 1 fully saturated rings. The maximum absolute atomic E-state index is 12.2. The summed E-state index contributed by atoms with van der Waals surface area (Å²) in [5.41, 5.74) is 3.94. The van der Waals surface area contributed by atoms with Crippen molar-refractivity contribution >= 4 is 5.57 Å². The third-order valence-corrected chi connectivity index (χ3v) is 4.72. The van der Waals surface area contributed by atoms with Crippen molar-refractivity contribution in [3.05, 3.63) is 71.5 Å². The molecule has 2 aromatic rings. The monoisotopic (exact) mass is 351 g/mol. The normalized spacial score (nSPS) is 16.3. The van der Waals surface area contributed by atoms with Gasteiger partial charge < -0.3 is 9.30 Å². The molecule has 0 bridgehead atoms. The van der Waals surface area contributed by atoms with Gasteiger partial charge in [0.15, 0.2) is 0 Å². The van der Waals surface area contributed by atoms with Gasteiger partial charge in [-0.2, -0.15) is 5.10 Å². The van der Waals surface area contributed by atoms with E-state index in [1.807, 2.05) is 42.2 Å². The van der Waals surface area contributed by atoms with Gasteiger partial charge in [-0.05, 0) is 30.9 Å². The Morgan fingerprint density at radius 2 is 2.08 bits per heavy atom. The van der Waals surface area contributed by atoms with E-state index < -0.39 is 0 Å². The van der Waals surface area contributed by atoms with Crippen LogP contribution < -0.4 is 5.56 Å². The van der Waals surface area contributed by atoms with E-state index in [1.54, 1.807) is 23.8 Å². The smallest absolute Gasteiger partial charge is 0.250 e. The van der Waals surface area contributed by atoms with Gasteiger partial charge in [-0.15, -0.1) is 0 Å². The fraction of sp³-hybridized carbons (Fsp3) is 0.333. The van der Waals surface area contributed by atoms with E-state index >= 15 is 0 Å². The number of hydrogen-bond donors (Lipinski definition) is 0. The lowest BCUT2D eigenvalue weighted by Crippen LogP contribution is -2.19. The first kappa shape index (κ1) is 18.1. The highest BCUT2D eigenvalue weighted by Gasteiger charge is 2.18. The van der Waals surface area contributed by atoms with Crippen LogP contribution in [0.2, 0.25) is 0 Å². The highest BCUT2D eigenvalue weighted by molar-refractivity contribution is 5.80. The third-order valence-electron chi connectivity index (χ3n) is 4.72. The highest BCUT2D eigenvalue weighted by Crippen LogP contribution is 2.29. The van der Waals surface area contributed by atoms with Crippen LogP contribution in [0, 0.1) is 0 Å². The van der Waals surface area contributed by atoms with E-state index in [0.717, 1.165) is 48.3 Å². The molecule has 5 nitrogen and oxygen atoms in total. The van der Waals surface area contributed by atoms with Gasteiger partial charge in [0.1, 0.15) is 0 Å². The zero-order chi connectivity index (χ0) is 18.5. The lowest BCUT2D eigenvalue weighted by atomic mass is 9.98. The van der Waals surface area contributed by atoms with Crippen LogP contribution >= 0.6 is 0 Å². The van der Waals surface area contributed by atoms with Crippen molar-refractivity contribution < 1.29 is 4.74 Å². The van der Waals surface area contributed by atoms with Gasteiger partial charge in [0, 0.05) is 49.8 Å². The molecule has 0 amide bonds. The summed E-state index contributed by atoms with van der Waals surface area (Å²) < 4.78 is 9.08. The molecular weight excluding hydrogens is 326 g/mol. The van der Waals surface area contributed by atoms with Crippen molar-refractivity contribution in [3.63, 3.8) is 0 Å². The van der Waals surface area contributed by atoms with Crippen LogP contribution in [0.4, 0.5) is 0 Å². The Bertz CT molecular complexity index is 896. The number of allylic oxidation sites excluding steroid dienone is 5. The maximum Gasteiger partial charge on any atom is 0.250 e. The second kappa shape index (κ2) is 8.15. The minimum Gasteiger partial charge on any atom is -0.381 e. The largest absolute Gasteiger partial charge is 0.381 e. The Balaban J connectivity index is 2.01. The predicted octanol–water partition coefficient (Wildman–Crippen LogP) is 3.75. The first-order valence-corrected chi connectivity index (χ1v) is 8.89. The average molecular weight is 351 g/mol. The Morgan fingerprint density at radius 3 is 2.81 bits per heavy atom. The molecule has 5 heteroatoms.